The number of carbonyl (C=O) groups is 1. The molecule has 0 aliphatic heterocycles. The molecule has 1 N–H and O–H groups in total. The van der Waals surface area contributed by atoms with Crippen LogP contribution < -0.4 is 10.1 Å². The van der Waals surface area contributed by atoms with Crippen LogP contribution in [-0.2, 0) is 20.7 Å². The summed E-state index contributed by atoms with van der Waals surface area (Å²) in [5.41, 5.74) is 2.33. The molecule has 2 rings (SSSR count). The Hall–Kier alpha value is -1.60. The van der Waals surface area contributed by atoms with Gasteiger partial charge in [-0.15, -0.1) is 12.4 Å². The van der Waals surface area contributed by atoms with Crippen molar-refractivity contribution in [3.63, 3.8) is 0 Å². The third kappa shape index (κ3) is 8.19. The van der Waals surface area contributed by atoms with E-state index in [4.69, 9.17) is 9.47 Å². The van der Waals surface area contributed by atoms with Gasteiger partial charge < -0.3 is 19.5 Å². The summed E-state index contributed by atoms with van der Waals surface area (Å²) in [6.45, 7) is 2.80. The number of methoxy groups -OCH3 is 2. The quantitative estimate of drug-likeness (QED) is 0.522. The van der Waals surface area contributed by atoms with Crippen molar-refractivity contribution in [2.45, 2.75) is 25.5 Å². The number of halogens is 2. The first kappa shape index (κ1) is 24.4. The molecule has 0 radical (unpaired) electrons. The SMILES string of the molecule is COC(=O)COc1ccc(CC(C)NCC(OC)c2cccc(Br)c2)cc1.Cl. The molecule has 2 unspecified atom stereocenters. The number of benzene rings is 2. The van der Waals surface area contributed by atoms with Crippen molar-refractivity contribution in [3.05, 3.63) is 64.1 Å². The van der Waals surface area contributed by atoms with Gasteiger partial charge in [0.25, 0.3) is 0 Å². The lowest BCUT2D eigenvalue weighted by Gasteiger charge is -2.20. The first-order valence-electron chi connectivity index (χ1n) is 8.82. The maximum atomic E-state index is 11.1. The highest BCUT2D eigenvalue weighted by Crippen LogP contribution is 2.20. The molecule has 0 aliphatic rings. The molecule has 5 nitrogen and oxygen atoms in total. The molecule has 0 aliphatic carbocycles. The number of hydrogen-bond donors (Lipinski definition) is 1. The molecule has 0 fully saturated rings. The topological polar surface area (TPSA) is 56.8 Å². The van der Waals surface area contributed by atoms with Gasteiger partial charge in [0.1, 0.15) is 5.75 Å². The molecule has 0 saturated heterocycles. The van der Waals surface area contributed by atoms with E-state index in [1.54, 1.807) is 7.11 Å². The molecule has 0 saturated carbocycles. The minimum Gasteiger partial charge on any atom is -0.482 e. The van der Waals surface area contributed by atoms with Crippen molar-refractivity contribution < 1.29 is 19.0 Å². The molecule has 0 aromatic heterocycles. The summed E-state index contributed by atoms with van der Waals surface area (Å²) >= 11 is 3.50. The standard InChI is InChI=1S/C21H26BrNO4.ClH/c1-15(23-13-20(25-2)17-5-4-6-18(22)12-17)11-16-7-9-19(10-8-16)27-14-21(24)26-3;/h4-10,12,15,20,23H,11,13-14H2,1-3H3;1H. The van der Waals surface area contributed by atoms with Crippen molar-refractivity contribution >= 4 is 34.3 Å². The molecule has 28 heavy (non-hydrogen) atoms. The van der Waals surface area contributed by atoms with Gasteiger partial charge in [0.05, 0.1) is 13.2 Å². The van der Waals surface area contributed by atoms with Crippen molar-refractivity contribution in [2.24, 2.45) is 0 Å². The fourth-order valence-corrected chi connectivity index (χ4v) is 3.12. The molecule has 0 bridgehead atoms. The smallest absolute Gasteiger partial charge is 0.343 e. The van der Waals surface area contributed by atoms with Crippen LogP contribution in [0.25, 0.3) is 0 Å². The average Bonchev–Trinajstić information content (AvgIpc) is 2.67. The zero-order valence-electron chi connectivity index (χ0n) is 16.3. The normalized spacial score (nSPS) is 12.6. The lowest BCUT2D eigenvalue weighted by molar-refractivity contribution is -0.142. The Morgan fingerprint density at radius 2 is 1.86 bits per heavy atom. The van der Waals surface area contributed by atoms with Crippen LogP contribution in [0.3, 0.4) is 0 Å². The Bertz CT molecular complexity index is 727. The van der Waals surface area contributed by atoms with E-state index >= 15 is 0 Å². The molecular formula is C21H27BrClNO4. The van der Waals surface area contributed by atoms with Crippen LogP contribution in [-0.4, -0.2) is 39.4 Å². The van der Waals surface area contributed by atoms with E-state index < -0.39 is 5.97 Å². The van der Waals surface area contributed by atoms with Gasteiger partial charge in [-0.2, -0.15) is 0 Å². The van der Waals surface area contributed by atoms with E-state index in [9.17, 15) is 4.79 Å². The molecule has 0 heterocycles. The van der Waals surface area contributed by atoms with Gasteiger partial charge in [-0.1, -0.05) is 40.2 Å². The van der Waals surface area contributed by atoms with E-state index in [0.29, 0.717) is 5.75 Å². The van der Waals surface area contributed by atoms with Gasteiger partial charge in [0.2, 0.25) is 0 Å². The molecule has 2 aromatic carbocycles. The minimum absolute atomic E-state index is 0. The van der Waals surface area contributed by atoms with Gasteiger partial charge in [-0.05, 0) is 48.7 Å². The van der Waals surface area contributed by atoms with E-state index in [1.807, 2.05) is 36.4 Å². The first-order valence-corrected chi connectivity index (χ1v) is 9.61. The summed E-state index contributed by atoms with van der Waals surface area (Å²) in [5, 5.41) is 3.53. The monoisotopic (exact) mass is 471 g/mol. The average molecular weight is 473 g/mol. The third-order valence-electron chi connectivity index (χ3n) is 4.21. The highest BCUT2D eigenvalue weighted by molar-refractivity contribution is 9.10. The van der Waals surface area contributed by atoms with Crippen molar-refractivity contribution in [2.75, 3.05) is 27.4 Å². The summed E-state index contributed by atoms with van der Waals surface area (Å²) in [6, 6.07) is 16.2. The number of rotatable bonds is 10. The van der Waals surface area contributed by atoms with Crippen LogP contribution in [0.15, 0.2) is 53.0 Å². The number of esters is 1. The predicted octanol–water partition coefficient (Wildman–Crippen LogP) is 4.33. The lowest BCUT2D eigenvalue weighted by Crippen LogP contribution is -2.32. The second-order valence-electron chi connectivity index (χ2n) is 6.30. The van der Waals surface area contributed by atoms with E-state index in [2.05, 4.69) is 45.0 Å². The summed E-state index contributed by atoms with van der Waals surface area (Å²) in [6.07, 6.45) is 0.880. The number of hydrogen-bond acceptors (Lipinski definition) is 5. The van der Waals surface area contributed by atoms with Gasteiger partial charge >= 0.3 is 5.97 Å². The second-order valence-corrected chi connectivity index (χ2v) is 7.22. The summed E-state index contributed by atoms with van der Waals surface area (Å²) in [4.78, 5) is 11.1. The number of carbonyl (C=O) groups excluding carboxylic acids is 1. The Kier molecular flexibility index (Phi) is 11.2. The largest absolute Gasteiger partial charge is 0.482 e. The Morgan fingerprint density at radius 1 is 1.14 bits per heavy atom. The van der Waals surface area contributed by atoms with Gasteiger partial charge in [0, 0.05) is 24.2 Å². The van der Waals surface area contributed by atoms with Gasteiger partial charge in [-0.25, -0.2) is 4.79 Å². The van der Waals surface area contributed by atoms with Crippen LogP contribution in [0, 0.1) is 0 Å². The van der Waals surface area contributed by atoms with Crippen molar-refractivity contribution in [1.82, 2.24) is 5.32 Å². The number of ether oxygens (including phenoxy) is 3. The maximum absolute atomic E-state index is 11.1. The highest BCUT2D eigenvalue weighted by atomic mass is 79.9. The molecule has 7 heteroatoms. The fraction of sp³-hybridized carbons (Fsp3) is 0.381. The Morgan fingerprint density at radius 3 is 2.46 bits per heavy atom. The Balaban J connectivity index is 0.00000392. The molecule has 2 atom stereocenters. The third-order valence-corrected chi connectivity index (χ3v) is 4.70. The maximum Gasteiger partial charge on any atom is 0.343 e. The summed E-state index contributed by atoms with van der Waals surface area (Å²) in [5.74, 6) is 0.258. The van der Waals surface area contributed by atoms with Crippen molar-refractivity contribution in [1.29, 1.82) is 0 Å². The van der Waals surface area contributed by atoms with Crippen LogP contribution in [0.1, 0.15) is 24.2 Å². The fourth-order valence-electron chi connectivity index (χ4n) is 2.70. The van der Waals surface area contributed by atoms with Gasteiger partial charge in [0.15, 0.2) is 6.61 Å². The van der Waals surface area contributed by atoms with E-state index in [-0.39, 0.29) is 31.2 Å². The first-order chi connectivity index (χ1) is 13.0. The predicted molar refractivity (Wildman–Crippen MR) is 116 cm³/mol. The van der Waals surface area contributed by atoms with Gasteiger partial charge in [-0.3, -0.25) is 0 Å². The second kappa shape index (κ2) is 12.8. The minimum atomic E-state index is -0.393. The van der Waals surface area contributed by atoms with Crippen LogP contribution in [0.2, 0.25) is 0 Å². The van der Waals surface area contributed by atoms with E-state index in [0.717, 1.165) is 23.0 Å². The molecular weight excluding hydrogens is 446 g/mol. The van der Waals surface area contributed by atoms with Crippen LogP contribution >= 0.6 is 28.3 Å². The summed E-state index contributed by atoms with van der Waals surface area (Å²) in [7, 11) is 3.07. The van der Waals surface area contributed by atoms with E-state index in [1.165, 1.54) is 12.7 Å². The van der Waals surface area contributed by atoms with Crippen molar-refractivity contribution in [3.8, 4) is 5.75 Å². The molecule has 2 aromatic rings. The lowest BCUT2D eigenvalue weighted by atomic mass is 10.1. The highest BCUT2D eigenvalue weighted by Gasteiger charge is 2.13. The molecule has 0 spiro atoms. The summed E-state index contributed by atoms with van der Waals surface area (Å²) < 4.78 is 16.6. The Labute approximate surface area is 181 Å². The zero-order valence-corrected chi connectivity index (χ0v) is 18.7. The number of nitrogens with one attached hydrogen (secondary N) is 1. The zero-order chi connectivity index (χ0) is 19.6. The van der Waals surface area contributed by atoms with Crippen LogP contribution in [0.4, 0.5) is 0 Å². The molecule has 0 amide bonds. The molecule has 154 valence electrons. The van der Waals surface area contributed by atoms with Crippen LogP contribution in [0.5, 0.6) is 5.75 Å².